The van der Waals surface area contributed by atoms with Gasteiger partial charge in [0.05, 0.1) is 16.8 Å². The maximum absolute atomic E-state index is 11.9. The van der Waals surface area contributed by atoms with Crippen molar-refractivity contribution < 1.29 is 24.6 Å². The number of carboxylic acids is 2. The lowest BCUT2D eigenvalue weighted by Gasteiger charge is -2.22. The smallest absolute Gasteiger partial charge is 0.337 e. The zero-order chi connectivity index (χ0) is 16.3. The van der Waals surface area contributed by atoms with E-state index in [0.29, 0.717) is 0 Å². The van der Waals surface area contributed by atoms with Crippen molar-refractivity contribution in [2.45, 2.75) is 6.92 Å². The zero-order valence-electron chi connectivity index (χ0n) is 11.6. The number of aromatic carboxylic acids is 2. The molecule has 22 heavy (non-hydrogen) atoms. The van der Waals surface area contributed by atoms with Gasteiger partial charge in [-0.2, -0.15) is 0 Å². The molecule has 0 unspecified atom stereocenters. The number of carboxylic acid groups (broad SMARTS) is 2. The van der Waals surface area contributed by atoms with E-state index in [1.54, 1.807) is 18.2 Å². The average Bonchev–Trinajstić information content (AvgIpc) is 2.48. The lowest BCUT2D eigenvalue weighted by atomic mass is 10.1. The third kappa shape index (κ3) is 2.93. The SMILES string of the molecule is CC(=O)N(c1ccccn1)c1ccc(C(=O)O)cc1C(=O)O. The lowest BCUT2D eigenvalue weighted by molar-refractivity contribution is -0.115. The highest BCUT2D eigenvalue weighted by Gasteiger charge is 2.23. The van der Waals surface area contributed by atoms with E-state index in [2.05, 4.69) is 4.98 Å². The maximum atomic E-state index is 11.9. The van der Waals surface area contributed by atoms with Crippen molar-refractivity contribution in [2.75, 3.05) is 4.90 Å². The standard InChI is InChI=1S/C15H12N2O5/c1-9(18)17(13-4-2-3-7-16-13)12-6-5-10(14(19)20)8-11(12)15(21)22/h2-8H,1H3,(H,19,20)(H,21,22). The van der Waals surface area contributed by atoms with Crippen LogP contribution in [0, 0.1) is 0 Å². The molecule has 0 aliphatic heterocycles. The number of hydrogen-bond donors (Lipinski definition) is 2. The highest BCUT2D eigenvalue weighted by atomic mass is 16.4. The molecule has 0 fully saturated rings. The minimum atomic E-state index is -1.33. The lowest BCUT2D eigenvalue weighted by Crippen LogP contribution is -2.26. The Bertz CT molecular complexity index is 743. The van der Waals surface area contributed by atoms with Crippen LogP contribution in [-0.2, 0) is 4.79 Å². The van der Waals surface area contributed by atoms with Crippen LogP contribution < -0.4 is 4.90 Å². The fourth-order valence-electron chi connectivity index (χ4n) is 1.98. The van der Waals surface area contributed by atoms with Crippen molar-refractivity contribution in [1.29, 1.82) is 0 Å². The van der Waals surface area contributed by atoms with Crippen molar-refractivity contribution in [3.63, 3.8) is 0 Å². The van der Waals surface area contributed by atoms with Gasteiger partial charge in [-0.15, -0.1) is 0 Å². The summed E-state index contributed by atoms with van der Waals surface area (Å²) < 4.78 is 0. The van der Waals surface area contributed by atoms with E-state index in [4.69, 9.17) is 5.11 Å². The Labute approximate surface area is 125 Å². The first-order valence-corrected chi connectivity index (χ1v) is 6.24. The van der Waals surface area contributed by atoms with Gasteiger partial charge in [0.2, 0.25) is 5.91 Å². The number of amides is 1. The van der Waals surface area contributed by atoms with E-state index < -0.39 is 17.8 Å². The molecule has 0 saturated carbocycles. The van der Waals surface area contributed by atoms with Crippen LogP contribution >= 0.6 is 0 Å². The Hall–Kier alpha value is -3.22. The summed E-state index contributed by atoms with van der Waals surface area (Å²) in [7, 11) is 0. The van der Waals surface area contributed by atoms with Crippen LogP contribution in [0.4, 0.5) is 11.5 Å². The quantitative estimate of drug-likeness (QED) is 0.895. The first kappa shape index (κ1) is 15.2. The normalized spacial score (nSPS) is 10.0. The summed E-state index contributed by atoms with van der Waals surface area (Å²) >= 11 is 0. The van der Waals surface area contributed by atoms with Gasteiger partial charge in [0, 0.05) is 13.1 Å². The van der Waals surface area contributed by atoms with Gasteiger partial charge in [0.15, 0.2) is 0 Å². The van der Waals surface area contributed by atoms with Crippen molar-refractivity contribution in [3.05, 3.63) is 53.7 Å². The van der Waals surface area contributed by atoms with Crippen molar-refractivity contribution in [1.82, 2.24) is 4.98 Å². The molecule has 7 heteroatoms. The van der Waals surface area contributed by atoms with E-state index in [9.17, 15) is 19.5 Å². The number of hydrogen-bond acceptors (Lipinski definition) is 4. The molecule has 1 aromatic heterocycles. The zero-order valence-corrected chi connectivity index (χ0v) is 11.6. The molecule has 2 N–H and O–H groups in total. The molecule has 0 radical (unpaired) electrons. The highest BCUT2D eigenvalue weighted by Crippen LogP contribution is 2.28. The van der Waals surface area contributed by atoms with Crippen LogP contribution in [0.2, 0.25) is 0 Å². The molecular weight excluding hydrogens is 288 g/mol. The minimum absolute atomic E-state index is 0.0590. The first-order valence-electron chi connectivity index (χ1n) is 6.24. The van der Waals surface area contributed by atoms with Gasteiger partial charge in [-0.05, 0) is 30.3 Å². The number of carbonyl (C=O) groups is 3. The third-order valence-electron chi connectivity index (χ3n) is 2.91. The molecule has 112 valence electrons. The molecule has 1 amide bonds. The van der Waals surface area contributed by atoms with Crippen LogP contribution in [-0.4, -0.2) is 33.0 Å². The minimum Gasteiger partial charge on any atom is -0.478 e. The van der Waals surface area contributed by atoms with Crippen LogP contribution in [0.3, 0.4) is 0 Å². The van der Waals surface area contributed by atoms with Crippen LogP contribution in [0.15, 0.2) is 42.6 Å². The number of rotatable bonds is 4. The highest BCUT2D eigenvalue weighted by molar-refractivity contribution is 6.06. The molecule has 7 nitrogen and oxygen atoms in total. The van der Waals surface area contributed by atoms with Crippen molar-refractivity contribution >= 4 is 29.4 Å². The number of aromatic nitrogens is 1. The summed E-state index contributed by atoms with van der Waals surface area (Å²) in [5.74, 6) is -2.77. The third-order valence-corrected chi connectivity index (χ3v) is 2.91. The second-order valence-corrected chi connectivity index (χ2v) is 4.38. The number of nitrogens with zero attached hydrogens (tertiary/aromatic N) is 2. The largest absolute Gasteiger partial charge is 0.478 e. The maximum Gasteiger partial charge on any atom is 0.337 e. The van der Waals surface area contributed by atoms with Crippen LogP contribution in [0.5, 0.6) is 0 Å². The second kappa shape index (κ2) is 6.04. The Morgan fingerprint density at radius 3 is 2.27 bits per heavy atom. The van der Waals surface area contributed by atoms with Gasteiger partial charge < -0.3 is 10.2 Å². The molecule has 0 bridgehead atoms. The molecule has 1 aromatic carbocycles. The fraction of sp³-hybridized carbons (Fsp3) is 0.0667. The van der Waals surface area contributed by atoms with Gasteiger partial charge in [0.1, 0.15) is 5.82 Å². The van der Waals surface area contributed by atoms with Gasteiger partial charge in [-0.1, -0.05) is 6.07 Å². The molecule has 1 heterocycles. The van der Waals surface area contributed by atoms with Gasteiger partial charge >= 0.3 is 11.9 Å². The second-order valence-electron chi connectivity index (χ2n) is 4.38. The summed E-state index contributed by atoms with van der Waals surface area (Å²) in [6, 6.07) is 8.40. The molecule has 0 saturated heterocycles. The van der Waals surface area contributed by atoms with Gasteiger partial charge in [0.25, 0.3) is 0 Å². The molecule has 2 aromatic rings. The summed E-state index contributed by atoms with van der Waals surface area (Å²) in [6.45, 7) is 1.27. The summed E-state index contributed by atoms with van der Waals surface area (Å²) in [4.78, 5) is 39.4. The molecule has 0 aliphatic carbocycles. The van der Waals surface area contributed by atoms with E-state index in [-0.39, 0.29) is 22.6 Å². The monoisotopic (exact) mass is 300 g/mol. The topological polar surface area (TPSA) is 108 Å². The number of anilines is 2. The molecule has 0 spiro atoms. The summed E-state index contributed by atoms with van der Waals surface area (Å²) in [6.07, 6.45) is 1.47. The van der Waals surface area contributed by atoms with Crippen molar-refractivity contribution in [3.8, 4) is 0 Å². The molecule has 2 rings (SSSR count). The average molecular weight is 300 g/mol. The Kier molecular flexibility index (Phi) is 4.17. The molecule has 0 atom stereocenters. The number of benzene rings is 1. The van der Waals surface area contributed by atoms with Crippen molar-refractivity contribution in [2.24, 2.45) is 0 Å². The predicted molar refractivity (Wildman–Crippen MR) is 77.4 cm³/mol. The molecular formula is C15H12N2O5. The number of carbonyl (C=O) groups excluding carboxylic acids is 1. The Morgan fingerprint density at radius 1 is 1.05 bits per heavy atom. The van der Waals surface area contributed by atoms with E-state index >= 15 is 0 Å². The van der Waals surface area contributed by atoms with Gasteiger partial charge in [-0.3, -0.25) is 9.69 Å². The fourth-order valence-corrected chi connectivity index (χ4v) is 1.98. The number of pyridine rings is 1. The van der Waals surface area contributed by atoms with E-state index in [1.165, 1.54) is 25.3 Å². The first-order chi connectivity index (χ1) is 10.4. The Balaban J connectivity index is 2.64. The van der Waals surface area contributed by atoms with E-state index in [0.717, 1.165) is 11.0 Å². The summed E-state index contributed by atoms with van der Waals surface area (Å²) in [5, 5.41) is 18.3. The van der Waals surface area contributed by atoms with Crippen LogP contribution in [0.25, 0.3) is 0 Å². The van der Waals surface area contributed by atoms with Crippen LogP contribution in [0.1, 0.15) is 27.6 Å². The Morgan fingerprint density at radius 2 is 1.77 bits per heavy atom. The van der Waals surface area contributed by atoms with E-state index in [1.807, 2.05) is 0 Å². The predicted octanol–water partition coefficient (Wildman–Crippen LogP) is 2.16. The molecule has 0 aliphatic rings. The summed E-state index contributed by atoms with van der Waals surface area (Å²) in [5.41, 5.74) is -0.407. The van der Waals surface area contributed by atoms with Gasteiger partial charge in [-0.25, -0.2) is 14.6 Å².